The normalized spacial score (nSPS) is 25.2. The summed E-state index contributed by atoms with van der Waals surface area (Å²) in [6.45, 7) is 1.50. The molecule has 3 unspecified atom stereocenters. The van der Waals surface area contributed by atoms with Crippen molar-refractivity contribution < 1.29 is 23.7 Å². The maximum absolute atomic E-state index is 12.6. The van der Waals surface area contributed by atoms with Gasteiger partial charge in [-0.3, -0.25) is 10.1 Å². The van der Waals surface area contributed by atoms with Gasteiger partial charge in [0.2, 0.25) is 0 Å². The average Bonchev–Trinajstić information content (AvgIpc) is 3.09. The molecular formula is C21H20N2O5S. The molecule has 0 spiro atoms. The maximum atomic E-state index is 12.6. The van der Waals surface area contributed by atoms with E-state index in [4.69, 9.17) is 18.9 Å². The summed E-state index contributed by atoms with van der Waals surface area (Å²) >= 11 is 1.36. The van der Waals surface area contributed by atoms with Gasteiger partial charge in [0.15, 0.2) is 22.7 Å². The second-order valence-electron chi connectivity index (χ2n) is 6.90. The third kappa shape index (κ3) is 3.91. The Bertz CT molecular complexity index is 970. The minimum absolute atomic E-state index is 0.130. The molecule has 5 rings (SSSR count). The Morgan fingerprint density at radius 1 is 1.10 bits per heavy atom. The number of benzene rings is 1. The molecule has 150 valence electrons. The van der Waals surface area contributed by atoms with Gasteiger partial charge in [-0.25, -0.2) is 4.98 Å². The SMILES string of the molecule is O=C(Nc1nc(-c2ccc3c(c2)OCCCO3)cs1)C1COC2C=CC=CC2O1. The van der Waals surface area contributed by atoms with Gasteiger partial charge >= 0.3 is 0 Å². The quantitative estimate of drug-likeness (QED) is 0.834. The van der Waals surface area contributed by atoms with Crippen LogP contribution in [0.3, 0.4) is 0 Å². The monoisotopic (exact) mass is 412 g/mol. The summed E-state index contributed by atoms with van der Waals surface area (Å²) in [5.74, 6) is 1.20. The van der Waals surface area contributed by atoms with E-state index < -0.39 is 6.10 Å². The number of hydrogen-bond acceptors (Lipinski definition) is 7. The van der Waals surface area contributed by atoms with E-state index in [1.807, 2.05) is 47.9 Å². The van der Waals surface area contributed by atoms with E-state index in [0.29, 0.717) is 18.3 Å². The van der Waals surface area contributed by atoms with E-state index in [1.54, 1.807) is 0 Å². The van der Waals surface area contributed by atoms with Crippen molar-refractivity contribution in [1.29, 1.82) is 0 Å². The number of nitrogens with one attached hydrogen (secondary N) is 1. The van der Waals surface area contributed by atoms with E-state index in [-0.39, 0.29) is 24.7 Å². The third-order valence-corrected chi connectivity index (χ3v) is 5.63. The molecule has 1 N–H and O–H groups in total. The van der Waals surface area contributed by atoms with Gasteiger partial charge in [0.05, 0.1) is 25.5 Å². The molecule has 2 aliphatic heterocycles. The van der Waals surface area contributed by atoms with Gasteiger partial charge in [-0.2, -0.15) is 0 Å². The molecule has 1 aromatic heterocycles. The van der Waals surface area contributed by atoms with Crippen molar-refractivity contribution in [3.63, 3.8) is 0 Å². The summed E-state index contributed by atoms with van der Waals surface area (Å²) in [6.07, 6.45) is 7.47. The van der Waals surface area contributed by atoms with Crippen molar-refractivity contribution in [1.82, 2.24) is 4.98 Å². The zero-order chi connectivity index (χ0) is 19.6. The Morgan fingerprint density at radius 2 is 1.93 bits per heavy atom. The maximum Gasteiger partial charge on any atom is 0.257 e. The molecule has 2 aromatic rings. The zero-order valence-corrected chi connectivity index (χ0v) is 16.4. The van der Waals surface area contributed by atoms with E-state index >= 15 is 0 Å². The molecule has 1 amide bonds. The number of nitrogens with zero attached hydrogens (tertiary/aromatic N) is 1. The summed E-state index contributed by atoms with van der Waals surface area (Å²) in [7, 11) is 0. The standard InChI is InChI=1S/C21H20N2O5S/c24-20(19-11-27-15-4-1-2-5-17(15)28-19)23-21-22-14(12-29-21)13-6-7-16-18(10-13)26-9-3-8-25-16/h1-2,4-7,10,12,15,17,19H,3,8-9,11H2,(H,22,23,24). The number of rotatable bonds is 3. The number of anilines is 1. The van der Waals surface area contributed by atoms with Crippen LogP contribution in [0.25, 0.3) is 11.3 Å². The molecule has 3 aliphatic rings. The molecule has 1 aliphatic carbocycles. The summed E-state index contributed by atoms with van der Waals surface area (Å²) in [5.41, 5.74) is 1.67. The van der Waals surface area contributed by atoms with Gasteiger partial charge in [0.25, 0.3) is 5.91 Å². The highest BCUT2D eigenvalue weighted by molar-refractivity contribution is 7.14. The molecule has 1 aromatic carbocycles. The number of ether oxygens (including phenoxy) is 4. The second-order valence-corrected chi connectivity index (χ2v) is 7.75. The molecule has 1 saturated heterocycles. The van der Waals surface area contributed by atoms with Crippen LogP contribution in [0.5, 0.6) is 11.5 Å². The first-order valence-corrected chi connectivity index (χ1v) is 10.4. The number of fused-ring (bicyclic) bond motifs is 2. The molecular weight excluding hydrogens is 392 g/mol. The van der Waals surface area contributed by atoms with Crippen LogP contribution in [0.1, 0.15) is 6.42 Å². The van der Waals surface area contributed by atoms with Gasteiger partial charge in [0, 0.05) is 17.4 Å². The van der Waals surface area contributed by atoms with Gasteiger partial charge < -0.3 is 18.9 Å². The third-order valence-electron chi connectivity index (χ3n) is 4.87. The predicted molar refractivity (Wildman–Crippen MR) is 108 cm³/mol. The van der Waals surface area contributed by atoms with Crippen LogP contribution in [0.4, 0.5) is 5.13 Å². The largest absolute Gasteiger partial charge is 0.490 e. The highest BCUT2D eigenvalue weighted by Crippen LogP contribution is 2.35. The summed E-state index contributed by atoms with van der Waals surface area (Å²) in [5, 5.41) is 5.25. The van der Waals surface area contributed by atoms with Crippen molar-refractivity contribution in [3.8, 4) is 22.8 Å². The number of allylic oxidation sites excluding steroid dienone is 2. The average molecular weight is 412 g/mol. The number of carbonyl (C=O) groups excluding carboxylic acids is 1. The number of aromatic nitrogens is 1. The first kappa shape index (κ1) is 18.4. The van der Waals surface area contributed by atoms with Crippen LogP contribution in [0, 0.1) is 0 Å². The Labute approximate surface area is 171 Å². The highest BCUT2D eigenvalue weighted by Gasteiger charge is 2.34. The Morgan fingerprint density at radius 3 is 2.83 bits per heavy atom. The summed E-state index contributed by atoms with van der Waals surface area (Å²) < 4.78 is 23.0. The molecule has 7 nitrogen and oxygen atoms in total. The van der Waals surface area contributed by atoms with E-state index in [0.717, 1.165) is 29.2 Å². The van der Waals surface area contributed by atoms with Crippen molar-refractivity contribution in [3.05, 3.63) is 47.9 Å². The van der Waals surface area contributed by atoms with Crippen LogP contribution in [-0.2, 0) is 14.3 Å². The molecule has 3 atom stereocenters. The van der Waals surface area contributed by atoms with Crippen molar-refractivity contribution in [2.45, 2.75) is 24.7 Å². The van der Waals surface area contributed by atoms with Crippen molar-refractivity contribution in [2.24, 2.45) is 0 Å². The molecule has 8 heteroatoms. The van der Waals surface area contributed by atoms with Gasteiger partial charge in [-0.05, 0) is 18.2 Å². The molecule has 0 saturated carbocycles. The van der Waals surface area contributed by atoms with E-state index in [9.17, 15) is 4.79 Å². The predicted octanol–water partition coefficient (Wildman–Crippen LogP) is 3.19. The molecule has 3 heterocycles. The van der Waals surface area contributed by atoms with Crippen LogP contribution in [0.15, 0.2) is 47.9 Å². The molecule has 29 heavy (non-hydrogen) atoms. The fraction of sp³-hybridized carbons (Fsp3) is 0.333. The topological polar surface area (TPSA) is 78.9 Å². The summed E-state index contributed by atoms with van der Waals surface area (Å²) in [4.78, 5) is 17.1. The first-order chi connectivity index (χ1) is 14.3. The minimum Gasteiger partial charge on any atom is -0.490 e. The lowest BCUT2D eigenvalue weighted by molar-refractivity contribution is -0.164. The number of carbonyl (C=O) groups is 1. The van der Waals surface area contributed by atoms with Crippen LogP contribution >= 0.6 is 11.3 Å². The van der Waals surface area contributed by atoms with Crippen molar-refractivity contribution in [2.75, 3.05) is 25.1 Å². The van der Waals surface area contributed by atoms with E-state index in [1.165, 1.54) is 11.3 Å². The molecule has 0 bridgehead atoms. The lowest BCUT2D eigenvalue weighted by Crippen LogP contribution is -2.47. The lowest BCUT2D eigenvalue weighted by Gasteiger charge is -2.34. The first-order valence-electron chi connectivity index (χ1n) is 9.55. The van der Waals surface area contributed by atoms with Gasteiger partial charge in [-0.15, -0.1) is 11.3 Å². The van der Waals surface area contributed by atoms with Crippen LogP contribution < -0.4 is 14.8 Å². The van der Waals surface area contributed by atoms with E-state index in [2.05, 4.69) is 10.3 Å². The Kier molecular flexibility index (Phi) is 5.05. The van der Waals surface area contributed by atoms with Gasteiger partial charge in [-0.1, -0.05) is 24.3 Å². The second kappa shape index (κ2) is 7.98. The van der Waals surface area contributed by atoms with Gasteiger partial charge in [0.1, 0.15) is 12.2 Å². The smallest absolute Gasteiger partial charge is 0.257 e. The number of hydrogen-bond donors (Lipinski definition) is 1. The Balaban J connectivity index is 1.26. The number of amides is 1. The highest BCUT2D eigenvalue weighted by atomic mass is 32.1. The summed E-state index contributed by atoms with van der Waals surface area (Å²) in [6, 6.07) is 5.75. The zero-order valence-electron chi connectivity index (χ0n) is 15.6. The van der Waals surface area contributed by atoms with Crippen LogP contribution in [-0.4, -0.2) is 49.0 Å². The fourth-order valence-corrected chi connectivity index (χ4v) is 4.10. The number of thiazole rings is 1. The van der Waals surface area contributed by atoms with Crippen molar-refractivity contribution >= 4 is 22.4 Å². The minimum atomic E-state index is -0.669. The van der Waals surface area contributed by atoms with Crippen LogP contribution in [0.2, 0.25) is 0 Å². The molecule has 0 radical (unpaired) electrons. The molecule has 1 fully saturated rings. The lowest BCUT2D eigenvalue weighted by atomic mass is 10.1. The Hall–Kier alpha value is -2.68. The fourth-order valence-electron chi connectivity index (χ4n) is 3.38.